The second-order valence-corrected chi connectivity index (χ2v) is 10.3. The maximum Gasteiger partial charge on any atom is 0.167 e. The van der Waals surface area contributed by atoms with Crippen molar-refractivity contribution in [2.75, 3.05) is 44.4 Å². The third kappa shape index (κ3) is 3.91. The third-order valence-corrected chi connectivity index (χ3v) is 8.14. The number of anilines is 1. The molecule has 3 unspecified atom stereocenters. The molecule has 3 aromatic heterocycles. The molecule has 0 radical (unpaired) electrons. The van der Waals surface area contributed by atoms with Crippen molar-refractivity contribution in [1.82, 2.24) is 30.3 Å². The van der Waals surface area contributed by atoms with E-state index in [1.54, 1.807) is 6.20 Å². The summed E-state index contributed by atoms with van der Waals surface area (Å²) >= 11 is 0. The molecular formula is C27H31N7O3. The topological polar surface area (TPSA) is 113 Å². The minimum atomic E-state index is -0.482. The van der Waals surface area contributed by atoms with Crippen LogP contribution in [0.5, 0.6) is 0 Å². The maximum atomic E-state index is 10.6. The Balaban J connectivity index is 1.29. The summed E-state index contributed by atoms with van der Waals surface area (Å²) in [5.74, 6) is 2.53. The quantitative estimate of drug-likeness (QED) is 0.382. The van der Waals surface area contributed by atoms with Crippen LogP contribution in [0.25, 0.3) is 28.0 Å². The Morgan fingerprint density at radius 3 is 2.68 bits per heavy atom. The summed E-state index contributed by atoms with van der Waals surface area (Å²) in [4.78, 5) is 7.37. The van der Waals surface area contributed by atoms with Gasteiger partial charge in [0.15, 0.2) is 11.5 Å². The van der Waals surface area contributed by atoms with Crippen molar-refractivity contribution in [3.8, 4) is 16.9 Å². The van der Waals surface area contributed by atoms with Gasteiger partial charge in [0.2, 0.25) is 0 Å². The Bertz CT molecular complexity index is 1380. The first-order valence-electron chi connectivity index (χ1n) is 13.0. The number of pyridine rings is 1. The van der Waals surface area contributed by atoms with E-state index in [-0.39, 0.29) is 17.9 Å². The predicted octanol–water partition coefficient (Wildman–Crippen LogP) is 2.30. The van der Waals surface area contributed by atoms with Gasteiger partial charge in [-0.25, -0.2) is 4.98 Å². The van der Waals surface area contributed by atoms with Crippen LogP contribution < -0.4 is 10.2 Å². The molecule has 7 rings (SSSR count). The number of rotatable bonds is 5. The molecule has 10 heteroatoms. The normalized spacial score (nSPS) is 26.6. The summed E-state index contributed by atoms with van der Waals surface area (Å²) in [6, 6.07) is 13.1. The number of ether oxygens (including phenoxy) is 2. The fraction of sp³-hybridized carbons (Fsp3) is 0.444. The minimum Gasteiger partial charge on any atom is -0.381 e. The van der Waals surface area contributed by atoms with E-state index in [9.17, 15) is 5.11 Å². The Morgan fingerprint density at radius 2 is 1.95 bits per heavy atom. The average Bonchev–Trinajstić information content (AvgIpc) is 3.64. The monoisotopic (exact) mass is 501 g/mol. The fourth-order valence-electron chi connectivity index (χ4n) is 6.04. The molecular weight excluding hydrogens is 470 g/mol. The molecule has 1 aromatic carbocycles. The van der Waals surface area contributed by atoms with Crippen molar-refractivity contribution in [1.29, 1.82) is 0 Å². The van der Waals surface area contributed by atoms with Gasteiger partial charge in [0.25, 0.3) is 0 Å². The van der Waals surface area contributed by atoms with Crippen LogP contribution in [0.2, 0.25) is 0 Å². The fourth-order valence-corrected chi connectivity index (χ4v) is 6.04. The first kappa shape index (κ1) is 22.9. The van der Waals surface area contributed by atoms with E-state index in [0.717, 1.165) is 60.1 Å². The van der Waals surface area contributed by atoms with Crippen LogP contribution in [-0.2, 0) is 9.47 Å². The van der Waals surface area contributed by atoms with E-state index in [2.05, 4.69) is 62.8 Å². The Kier molecular flexibility index (Phi) is 5.69. The van der Waals surface area contributed by atoms with Gasteiger partial charge in [-0.15, -0.1) is 0 Å². The summed E-state index contributed by atoms with van der Waals surface area (Å²) in [6.07, 6.45) is 3.11. The van der Waals surface area contributed by atoms with Crippen LogP contribution >= 0.6 is 0 Å². The van der Waals surface area contributed by atoms with Crippen molar-refractivity contribution in [3.63, 3.8) is 0 Å². The number of H-pyrrole nitrogens is 1. The Morgan fingerprint density at radius 1 is 1.08 bits per heavy atom. The zero-order valence-corrected chi connectivity index (χ0v) is 20.7. The lowest BCUT2D eigenvalue weighted by atomic mass is 9.78. The summed E-state index contributed by atoms with van der Waals surface area (Å²) in [6.45, 7) is 6.56. The number of benzene rings is 1. The average molecular weight is 502 g/mol. The molecule has 0 bridgehead atoms. The van der Waals surface area contributed by atoms with Crippen LogP contribution in [-0.4, -0.2) is 81.9 Å². The summed E-state index contributed by atoms with van der Waals surface area (Å²) < 4.78 is 12.9. The van der Waals surface area contributed by atoms with Gasteiger partial charge in [0, 0.05) is 42.3 Å². The van der Waals surface area contributed by atoms with E-state index in [4.69, 9.17) is 14.5 Å². The van der Waals surface area contributed by atoms with Gasteiger partial charge in [-0.3, -0.25) is 10.4 Å². The molecule has 3 aliphatic rings. The number of nitrogens with zero attached hydrogens (tertiary/aromatic N) is 5. The van der Waals surface area contributed by atoms with Crippen LogP contribution in [0.1, 0.15) is 18.4 Å². The third-order valence-electron chi connectivity index (χ3n) is 8.14. The highest BCUT2D eigenvalue weighted by Crippen LogP contribution is 2.40. The predicted molar refractivity (Wildman–Crippen MR) is 139 cm³/mol. The minimum absolute atomic E-state index is 0.175. The van der Waals surface area contributed by atoms with Gasteiger partial charge in [-0.2, -0.15) is 14.9 Å². The molecule has 37 heavy (non-hydrogen) atoms. The number of aliphatic hydroxyl groups is 1. The second kappa shape index (κ2) is 9.21. The zero-order chi connectivity index (χ0) is 24.9. The van der Waals surface area contributed by atoms with Gasteiger partial charge >= 0.3 is 0 Å². The largest absolute Gasteiger partial charge is 0.381 e. The van der Waals surface area contributed by atoms with Crippen LogP contribution in [0, 0.1) is 11.8 Å². The number of aromatic nitrogens is 5. The van der Waals surface area contributed by atoms with Crippen LogP contribution in [0.3, 0.4) is 0 Å². The van der Waals surface area contributed by atoms with E-state index in [0.29, 0.717) is 19.1 Å². The van der Waals surface area contributed by atoms with Gasteiger partial charge in [-0.05, 0) is 29.7 Å². The van der Waals surface area contributed by atoms with Crippen LogP contribution in [0.4, 0.5) is 5.82 Å². The summed E-state index contributed by atoms with van der Waals surface area (Å²) in [5, 5.41) is 26.6. The molecule has 10 nitrogen and oxygen atoms in total. The molecule has 3 saturated heterocycles. The number of aliphatic hydroxyl groups excluding tert-OH is 1. The number of hydrogen-bond acceptors (Lipinski definition) is 8. The number of morpholine rings is 1. The molecule has 3 aliphatic heterocycles. The Labute approximate surface area is 214 Å². The molecule has 192 valence electrons. The molecule has 4 aromatic rings. The molecule has 3 fully saturated rings. The number of nitrogens with one attached hydrogen (secondary N) is 2. The molecule has 0 saturated carbocycles. The molecule has 4 atom stereocenters. The Hall–Kier alpha value is -3.31. The SMILES string of the molecule is C[C@@H]1COCCN1c1cc(-c2ccc(C3CNC(O)C3C3COC3)cc2)c2cnn(-c3ccn[nH]3)c2n1. The van der Waals surface area contributed by atoms with Crippen molar-refractivity contribution < 1.29 is 14.6 Å². The van der Waals surface area contributed by atoms with Gasteiger partial charge < -0.3 is 19.5 Å². The lowest BCUT2D eigenvalue weighted by Crippen LogP contribution is -2.44. The summed E-state index contributed by atoms with van der Waals surface area (Å²) in [5.41, 5.74) is 4.22. The first-order chi connectivity index (χ1) is 18.2. The zero-order valence-electron chi connectivity index (χ0n) is 20.7. The number of hydrogen-bond donors (Lipinski definition) is 3. The smallest absolute Gasteiger partial charge is 0.167 e. The van der Waals surface area contributed by atoms with E-state index < -0.39 is 6.23 Å². The van der Waals surface area contributed by atoms with Gasteiger partial charge in [0.1, 0.15) is 12.0 Å². The molecule has 0 spiro atoms. The number of aromatic amines is 1. The van der Waals surface area contributed by atoms with Gasteiger partial charge in [-0.1, -0.05) is 24.3 Å². The summed E-state index contributed by atoms with van der Waals surface area (Å²) in [7, 11) is 0. The standard InChI is InChI=1S/C27H31N7O3/c1-16-13-36-9-8-33(16)24-10-20(22-12-30-34(26(22)31-24)23-6-7-29-32-23)17-2-4-18(5-3-17)21-11-28-27(35)25(21)19-14-37-15-19/h2-7,10,12,16,19,21,25,27-28,35H,8-9,11,13-15H2,1H3,(H,29,32)/t16-,21?,25?,27?/m1/s1. The molecule has 0 aliphatic carbocycles. The van der Waals surface area contributed by atoms with Crippen molar-refractivity contribution >= 4 is 16.9 Å². The highest BCUT2D eigenvalue weighted by molar-refractivity contribution is 5.95. The lowest BCUT2D eigenvalue weighted by Gasteiger charge is -2.36. The van der Waals surface area contributed by atoms with Crippen molar-refractivity contribution in [2.24, 2.45) is 11.8 Å². The maximum absolute atomic E-state index is 10.6. The van der Waals surface area contributed by atoms with E-state index in [1.165, 1.54) is 5.56 Å². The van der Waals surface area contributed by atoms with E-state index in [1.807, 2.05) is 16.9 Å². The first-order valence-corrected chi connectivity index (χ1v) is 13.0. The van der Waals surface area contributed by atoms with Crippen molar-refractivity contribution in [3.05, 3.63) is 54.4 Å². The van der Waals surface area contributed by atoms with E-state index >= 15 is 0 Å². The van der Waals surface area contributed by atoms with Crippen LogP contribution in [0.15, 0.2) is 48.8 Å². The highest BCUT2D eigenvalue weighted by Gasteiger charge is 2.43. The number of fused-ring (bicyclic) bond motifs is 1. The molecule has 3 N–H and O–H groups in total. The second-order valence-electron chi connectivity index (χ2n) is 10.3. The molecule has 6 heterocycles. The molecule has 0 amide bonds. The van der Waals surface area contributed by atoms with Gasteiger partial charge in [0.05, 0.1) is 44.9 Å². The van der Waals surface area contributed by atoms with Crippen molar-refractivity contribution in [2.45, 2.75) is 25.1 Å². The lowest BCUT2D eigenvalue weighted by molar-refractivity contribution is -0.0873. The highest BCUT2D eigenvalue weighted by atomic mass is 16.5.